The molecule has 1 saturated heterocycles. The van der Waals surface area contributed by atoms with Gasteiger partial charge in [-0.15, -0.1) is 11.3 Å². The van der Waals surface area contributed by atoms with E-state index in [2.05, 4.69) is 10.3 Å². The van der Waals surface area contributed by atoms with Crippen LogP contribution in [0.25, 0.3) is 0 Å². The highest BCUT2D eigenvalue weighted by Crippen LogP contribution is 2.28. The summed E-state index contributed by atoms with van der Waals surface area (Å²) >= 11 is 13.5. The highest BCUT2D eigenvalue weighted by Gasteiger charge is 2.29. The molecule has 0 amide bonds. The van der Waals surface area contributed by atoms with Crippen LogP contribution in [0.3, 0.4) is 0 Å². The largest absolute Gasteiger partial charge is 0.497 e. The first-order valence-corrected chi connectivity index (χ1v) is 12.7. The number of benzene rings is 2. The van der Waals surface area contributed by atoms with Crippen molar-refractivity contribution in [3.63, 3.8) is 0 Å². The predicted molar refractivity (Wildman–Crippen MR) is 125 cm³/mol. The lowest BCUT2D eigenvalue weighted by Gasteiger charge is -2.33. The molecule has 0 unspecified atom stereocenters. The van der Waals surface area contributed by atoms with Crippen LogP contribution < -0.4 is 9.64 Å². The second-order valence-electron chi connectivity index (χ2n) is 7.11. The van der Waals surface area contributed by atoms with Crippen LogP contribution in [0, 0.1) is 0 Å². The maximum Gasteiger partial charge on any atom is 0.243 e. The molecule has 4 rings (SSSR count). The number of hydrogen-bond acceptors (Lipinski definition) is 6. The number of thiazole rings is 1. The third kappa shape index (κ3) is 4.99. The number of hydrogen-bond donors (Lipinski definition) is 0. The van der Waals surface area contributed by atoms with E-state index in [4.69, 9.17) is 32.9 Å². The number of anilines is 1. The van der Waals surface area contributed by atoms with Gasteiger partial charge in [0.25, 0.3) is 0 Å². The van der Waals surface area contributed by atoms with Crippen molar-refractivity contribution in [2.75, 3.05) is 38.2 Å². The molecule has 0 atom stereocenters. The maximum atomic E-state index is 12.9. The van der Waals surface area contributed by atoms with Gasteiger partial charge in [-0.05, 0) is 35.9 Å². The Morgan fingerprint density at radius 2 is 1.74 bits per heavy atom. The van der Waals surface area contributed by atoms with Gasteiger partial charge < -0.3 is 9.64 Å². The monoisotopic (exact) mass is 497 g/mol. The third-order valence-corrected chi connectivity index (χ3v) is 8.71. The minimum atomic E-state index is -3.61. The number of halogens is 2. The summed E-state index contributed by atoms with van der Waals surface area (Å²) in [4.78, 5) is 7.04. The minimum absolute atomic E-state index is 0.159. The Bertz CT molecular complexity index is 1160. The Kier molecular flexibility index (Phi) is 6.74. The lowest BCUT2D eigenvalue weighted by Crippen LogP contribution is -2.48. The number of ether oxygens (including phenoxy) is 1. The molecule has 1 fully saturated rings. The van der Waals surface area contributed by atoms with Crippen LogP contribution in [0.5, 0.6) is 5.75 Å². The summed E-state index contributed by atoms with van der Waals surface area (Å²) in [5, 5.41) is 3.53. The molecule has 1 aromatic heterocycles. The highest BCUT2D eigenvalue weighted by molar-refractivity contribution is 7.89. The second-order valence-corrected chi connectivity index (χ2v) is 10.7. The molecule has 0 saturated carbocycles. The summed E-state index contributed by atoms with van der Waals surface area (Å²) in [5.41, 5.74) is 2.16. The van der Waals surface area contributed by atoms with Crippen molar-refractivity contribution < 1.29 is 13.2 Å². The van der Waals surface area contributed by atoms with E-state index in [1.54, 1.807) is 18.4 Å². The Morgan fingerprint density at radius 3 is 2.39 bits per heavy atom. The van der Waals surface area contributed by atoms with Gasteiger partial charge in [-0.1, -0.05) is 35.3 Å². The van der Waals surface area contributed by atoms with Gasteiger partial charge in [-0.3, -0.25) is 0 Å². The summed E-state index contributed by atoms with van der Waals surface area (Å²) in [6.07, 6.45) is 0.742. The summed E-state index contributed by atoms with van der Waals surface area (Å²) in [6, 6.07) is 12.3. The molecule has 1 aliphatic rings. The molecule has 31 heavy (non-hydrogen) atoms. The highest BCUT2D eigenvalue weighted by atomic mass is 35.5. The summed E-state index contributed by atoms with van der Waals surface area (Å²) in [5.74, 6) is 0.830. The average molecular weight is 498 g/mol. The summed E-state index contributed by atoms with van der Waals surface area (Å²) in [7, 11) is -1.96. The van der Waals surface area contributed by atoms with Crippen molar-refractivity contribution in [3.05, 3.63) is 69.1 Å². The Morgan fingerprint density at radius 1 is 1.03 bits per heavy atom. The van der Waals surface area contributed by atoms with Crippen LogP contribution in [-0.2, 0) is 16.4 Å². The molecule has 0 bridgehead atoms. The maximum absolute atomic E-state index is 12.9. The fraction of sp³-hybridized carbons (Fsp3) is 0.286. The first kappa shape index (κ1) is 22.4. The van der Waals surface area contributed by atoms with Crippen LogP contribution in [0.15, 0.2) is 52.7 Å². The molecule has 164 valence electrons. The van der Waals surface area contributed by atoms with Crippen LogP contribution in [-0.4, -0.2) is 51.0 Å². The second kappa shape index (κ2) is 9.34. The summed E-state index contributed by atoms with van der Waals surface area (Å²) in [6.45, 7) is 1.93. The van der Waals surface area contributed by atoms with Crippen molar-refractivity contribution in [3.8, 4) is 5.75 Å². The van der Waals surface area contributed by atoms with Gasteiger partial charge in [0.05, 0.1) is 27.7 Å². The molecule has 2 aromatic carbocycles. The Labute approximate surface area is 196 Å². The molecule has 2 heterocycles. The Balaban J connectivity index is 1.39. The van der Waals surface area contributed by atoms with Crippen molar-refractivity contribution in [2.45, 2.75) is 11.3 Å². The molecular formula is C21H21Cl2N3O3S2. The number of piperazine rings is 1. The van der Waals surface area contributed by atoms with Crippen molar-refractivity contribution in [1.82, 2.24) is 9.29 Å². The number of sulfonamides is 1. The minimum Gasteiger partial charge on any atom is -0.497 e. The number of rotatable bonds is 6. The fourth-order valence-corrected chi connectivity index (χ4v) is 6.07. The molecule has 1 aliphatic heterocycles. The van der Waals surface area contributed by atoms with Crippen LogP contribution >= 0.6 is 34.5 Å². The van der Waals surface area contributed by atoms with Crippen molar-refractivity contribution in [2.24, 2.45) is 0 Å². The van der Waals surface area contributed by atoms with Crippen LogP contribution in [0.4, 0.5) is 5.13 Å². The summed E-state index contributed by atoms with van der Waals surface area (Å²) < 4.78 is 32.5. The van der Waals surface area contributed by atoms with E-state index < -0.39 is 10.0 Å². The van der Waals surface area contributed by atoms with Crippen molar-refractivity contribution in [1.29, 1.82) is 0 Å². The molecular weight excluding hydrogens is 477 g/mol. The molecule has 0 aliphatic carbocycles. The van der Waals surface area contributed by atoms with E-state index >= 15 is 0 Å². The number of aromatic nitrogens is 1. The molecule has 0 spiro atoms. The predicted octanol–water partition coefficient (Wildman–Crippen LogP) is 4.56. The SMILES string of the molecule is COc1ccc(Cc2csc(N3CCN(S(=O)(=O)c4ccc(Cl)c(Cl)c4)CC3)n2)cc1. The third-order valence-electron chi connectivity index (χ3n) is 5.12. The van der Waals surface area contributed by atoms with Crippen molar-refractivity contribution >= 4 is 49.7 Å². The number of methoxy groups -OCH3 is 1. The smallest absolute Gasteiger partial charge is 0.243 e. The van der Waals surface area contributed by atoms with Gasteiger partial charge in [0, 0.05) is 38.0 Å². The molecule has 10 heteroatoms. The lowest BCUT2D eigenvalue weighted by atomic mass is 10.1. The zero-order valence-electron chi connectivity index (χ0n) is 16.8. The van der Waals surface area contributed by atoms with Gasteiger partial charge in [-0.2, -0.15) is 4.31 Å². The molecule has 6 nitrogen and oxygen atoms in total. The van der Waals surface area contributed by atoms with E-state index in [9.17, 15) is 8.42 Å². The van der Waals surface area contributed by atoms with E-state index in [-0.39, 0.29) is 9.92 Å². The first-order valence-electron chi connectivity index (χ1n) is 9.64. The van der Waals surface area contributed by atoms with Gasteiger partial charge in [0.2, 0.25) is 10.0 Å². The van der Waals surface area contributed by atoms with Gasteiger partial charge in [0.15, 0.2) is 5.13 Å². The van der Waals surface area contributed by atoms with Gasteiger partial charge in [0.1, 0.15) is 5.75 Å². The van der Waals surface area contributed by atoms with E-state index in [0.29, 0.717) is 31.2 Å². The number of nitrogens with zero attached hydrogens (tertiary/aromatic N) is 3. The average Bonchev–Trinajstić information content (AvgIpc) is 3.24. The van der Waals surface area contributed by atoms with Crippen LogP contribution in [0.2, 0.25) is 10.0 Å². The Hall–Kier alpha value is -1.84. The quantitative estimate of drug-likeness (QED) is 0.499. The van der Waals surface area contributed by atoms with Gasteiger partial charge in [-0.25, -0.2) is 13.4 Å². The lowest BCUT2D eigenvalue weighted by molar-refractivity contribution is 0.384. The standard InChI is InChI=1S/C21H21Cl2N3O3S2/c1-29-17-4-2-15(3-5-17)12-16-14-30-21(24-16)25-8-10-26(11-9-25)31(27,28)18-6-7-19(22)20(23)13-18/h2-7,13-14H,8-12H2,1H3. The zero-order valence-corrected chi connectivity index (χ0v) is 19.9. The van der Waals surface area contributed by atoms with Gasteiger partial charge >= 0.3 is 0 Å². The first-order chi connectivity index (χ1) is 14.9. The molecule has 0 radical (unpaired) electrons. The fourth-order valence-electron chi connectivity index (χ4n) is 3.38. The van der Waals surface area contributed by atoms with Crippen LogP contribution in [0.1, 0.15) is 11.3 Å². The van der Waals surface area contributed by atoms with E-state index in [1.165, 1.54) is 22.5 Å². The zero-order chi connectivity index (χ0) is 22.0. The topological polar surface area (TPSA) is 62.7 Å². The normalized spacial score (nSPS) is 15.3. The molecule has 0 N–H and O–H groups in total. The van der Waals surface area contributed by atoms with E-state index in [0.717, 1.165) is 28.6 Å². The van der Waals surface area contributed by atoms with E-state index in [1.807, 2.05) is 24.3 Å². The molecule has 3 aromatic rings.